The SMILES string of the molecule is CCOCCNC(=O)NCc1ccnc(OCC)c1. The second-order valence-corrected chi connectivity index (χ2v) is 3.74. The molecule has 0 saturated heterocycles. The van der Waals surface area contributed by atoms with Crippen LogP contribution in [0.1, 0.15) is 19.4 Å². The van der Waals surface area contributed by atoms with Gasteiger partial charge in [-0.25, -0.2) is 9.78 Å². The summed E-state index contributed by atoms with van der Waals surface area (Å²) in [5.41, 5.74) is 0.943. The molecule has 1 rings (SSSR count). The summed E-state index contributed by atoms with van der Waals surface area (Å²) in [6.07, 6.45) is 1.66. The molecule has 0 aliphatic heterocycles. The lowest BCUT2D eigenvalue weighted by Gasteiger charge is -2.08. The lowest BCUT2D eigenvalue weighted by Crippen LogP contribution is -2.36. The standard InChI is InChI=1S/C13H21N3O3/c1-3-18-8-7-15-13(17)16-10-11-5-6-14-12(9-11)19-4-2/h5-6,9H,3-4,7-8,10H2,1-2H3,(H2,15,16,17). The number of amides is 2. The van der Waals surface area contributed by atoms with Crippen molar-refractivity contribution in [1.29, 1.82) is 0 Å². The second kappa shape index (κ2) is 9.16. The van der Waals surface area contributed by atoms with E-state index in [1.165, 1.54) is 0 Å². The molecule has 0 bridgehead atoms. The minimum absolute atomic E-state index is 0.213. The number of pyridine rings is 1. The number of carbonyl (C=O) groups excluding carboxylic acids is 1. The highest BCUT2D eigenvalue weighted by molar-refractivity contribution is 5.73. The average molecular weight is 267 g/mol. The molecule has 0 spiro atoms. The van der Waals surface area contributed by atoms with Crippen molar-refractivity contribution in [3.63, 3.8) is 0 Å². The van der Waals surface area contributed by atoms with Crippen LogP contribution in [-0.4, -0.2) is 37.4 Å². The fraction of sp³-hybridized carbons (Fsp3) is 0.538. The molecule has 106 valence electrons. The van der Waals surface area contributed by atoms with Crippen LogP contribution in [0.2, 0.25) is 0 Å². The van der Waals surface area contributed by atoms with E-state index in [0.717, 1.165) is 5.56 Å². The molecule has 0 aliphatic rings. The number of ether oxygens (including phenoxy) is 2. The lowest BCUT2D eigenvalue weighted by molar-refractivity contribution is 0.149. The van der Waals surface area contributed by atoms with Crippen molar-refractivity contribution in [3.8, 4) is 5.88 Å². The van der Waals surface area contributed by atoms with E-state index in [1.807, 2.05) is 26.0 Å². The van der Waals surface area contributed by atoms with Crippen LogP contribution < -0.4 is 15.4 Å². The average Bonchev–Trinajstić information content (AvgIpc) is 2.42. The van der Waals surface area contributed by atoms with E-state index in [-0.39, 0.29) is 6.03 Å². The number of nitrogens with zero attached hydrogens (tertiary/aromatic N) is 1. The molecule has 6 heteroatoms. The third kappa shape index (κ3) is 6.61. The first kappa shape index (κ1) is 15.2. The predicted octanol–water partition coefficient (Wildman–Crippen LogP) is 1.32. The number of hydrogen-bond donors (Lipinski definition) is 2. The van der Waals surface area contributed by atoms with Crippen molar-refractivity contribution < 1.29 is 14.3 Å². The van der Waals surface area contributed by atoms with Crippen molar-refractivity contribution in [2.75, 3.05) is 26.4 Å². The Hall–Kier alpha value is -1.82. The van der Waals surface area contributed by atoms with E-state index in [4.69, 9.17) is 9.47 Å². The summed E-state index contributed by atoms with van der Waals surface area (Å²) in [6.45, 7) is 6.50. The summed E-state index contributed by atoms with van der Waals surface area (Å²) in [7, 11) is 0. The minimum atomic E-state index is -0.213. The van der Waals surface area contributed by atoms with Crippen LogP contribution in [-0.2, 0) is 11.3 Å². The molecule has 0 aliphatic carbocycles. The summed E-state index contributed by atoms with van der Waals surface area (Å²) < 4.78 is 10.4. The number of nitrogens with one attached hydrogen (secondary N) is 2. The highest BCUT2D eigenvalue weighted by Crippen LogP contribution is 2.08. The summed E-state index contributed by atoms with van der Waals surface area (Å²) in [5, 5.41) is 5.46. The summed E-state index contributed by atoms with van der Waals surface area (Å²) in [4.78, 5) is 15.5. The zero-order valence-electron chi connectivity index (χ0n) is 11.4. The van der Waals surface area contributed by atoms with Crippen LogP contribution in [0.4, 0.5) is 4.79 Å². The number of rotatable bonds is 8. The molecule has 0 unspecified atom stereocenters. The molecule has 1 aromatic rings. The highest BCUT2D eigenvalue weighted by atomic mass is 16.5. The van der Waals surface area contributed by atoms with Crippen molar-refractivity contribution in [3.05, 3.63) is 23.9 Å². The van der Waals surface area contributed by atoms with E-state index in [1.54, 1.807) is 6.20 Å². The van der Waals surface area contributed by atoms with Crippen molar-refractivity contribution in [2.24, 2.45) is 0 Å². The number of urea groups is 1. The Morgan fingerprint density at radius 1 is 1.32 bits per heavy atom. The number of hydrogen-bond acceptors (Lipinski definition) is 4. The molecule has 0 saturated carbocycles. The first-order chi connectivity index (χ1) is 9.26. The molecule has 2 N–H and O–H groups in total. The second-order valence-electron chi connectivity index (χ2n) is 3.74. The van der Waals surface area contributed by atoms with E-state index in [9.17, 15) is 4.79 Å². The van der Waals surface area contributed by atoms with Gasteiger partial charge >= 0.3 is 6.03 Å². The largest absolute Gasteiger partial charge is 0.478 e. The van der Waals surface area contributed by atoms with Gasteiger partial charge < -0.3 is 20.1 Å². The van der Waals surface area contributed by atoms with Crippen LogP contribution in [0, 0.1) is 0 Å². The maximum absolute atomic E-state index is 11.5. The van der Waals surface area contributed by atoms with Crippen LogP contribution in [0.5, 0.6) is 5.88 Å². The Labute approximate surface area is 113 Å². The Morgan fingerprint density at radius 2 is 2.16 bits per heavy atom. The zero-order chi connectivity index (χ0) is 13.9. The topological polar surface area (TPSA) is 72.5 Å². The van der Waals surface area contributed by atoms with Gasteiger partial charge in [0.15, 0.2) is 0 Å². The molecule has 0 atom stereocenters. The Balaban J connectivity index is 2.27. The van der Waals surface area contributed by atoms with Gasteiger partial charge in [-0.15, -0.1) is 0 Å². The van der Waals surface area contributed by atoms with Crippen molar-refractivity contribution in [1.82, 2.24) is 15.6 Å². The van der Waals surface area contributed by atoms with Crippen LogP contribution >= 0.6 is 0 Å². The summed E-state index contributed by atoms with van der Waals surface area (Å²) in [5.74, 6) is 0.568. The Kier molecular flexibility index (Phi) is 7.34. The fourth-order valence-corrected chi connectivity index (χ4v) is 1.41. The maximum Gasteiger partial charge on any atom is 0.315 e. The first-order valence-electron chi connectivity index (χ1n) is 6.43. The third-order valence-corrected chi connectivity index (χ3v) is 2.28. The van der Waals surface area contributed by atoms with Gasteiger partial charge in [0.1, 0.15) is 0 Å². The first-order valence-corrected chi connectivity index (χ1v) is 6.43. The van der Waals surface area contributed by atoms with Gasteiger partial charge in [-0.3, -0.25) is 0 Å². The number of aromatic nitrogens is 1. The summed E-state index contributed by atoms with van der Waals surface area (Å²) in [6, 6.07) is 3.43. The summed E-state index contributed by atoms with van der Waals surface area (Å²) >= 11 is 0. The van der Waals surface area contributed by atoms with E-state index in [0.29, 0.717) is 38.8 Å². The third-order valence-electron chi connectivity index (χ3n) is 2.28. The molecule has 1 heterocycles. The molecular formula is C13H21N3O3. The molecule has 0 radical (unpaired) electrons. The van der Waals surface area contributed by atoms with E-state index < -0.39 is 0 Å². The smallest absolute Gasteiger partial charge is 0.315 e. The van der Waals surface area contributed by atoms with Gasteiger partial charge in [-0.2, -0.15) is 0 Å². The van der Waals surface area contributed by atoms with Gasteiger partial charge in [0.25, 0.3) is 0 Å². The van der Waals surface area contributed by atoms with Crippen molar-refractivity contribution in [2.45, 2.75) is 20.4 Å². The van der Waals surface area contributed by atoms with Gasteiger partial charge in [-0.05, 0) is 25.5 Å². The highest BCUT2D eigenvalue weighted by Gasteiger charge is 2.01. The van der Waals surface area contributed by atoms with Crippen LogP contribution in [0.3, 0.4) is 0 Å². The predicted molar refractivity (Wildman–Crippen MR) is 72.1 cm³/mol. The molecule has 0 fully saturated rings. The normalized spacial score (nSPS) is 10.0. The van der Waals surface area contributed by atoms with Gasteiger partial charge in [0.2, 0.25) is 5.88 Å². The molecule has 1 aromatic heterocycles. The Bertz CT molecular complexity index is 385. The maximum atomic E-state index is 11.5. The van der Waals surface area contributed by atoms with Crippen LogP contribution in [0.15, 0.2) is 18.3 Å². The van der Waals surface area contributed by atoms with Crippen LogP contribution in [0.25, 0.3) is 0 Å². The quantitative estimate of drug-likeness (QED) is 0.697. The monoisotopic (exact) mass is 267 g/mol. The zero-order valence-corrected chi connectivity index (χ0v) is 11.4. The number of carbonyl (C=O) groups is 1. The Morgan fingerprint density at radius 3 is 2.89 bits per heavy atom. The van der Waals surface area contributed by atoms with E-state index in [2.05, 4.69) is 15.6 Å². The van der Waals surface area contributed by atoms with Gasteiger partial charge in [0, 0.05) is 32.0 Å². The van der Waals surface area contributed by atoms with Gasteiger partial charge in [-0.1, -0.05) is 0 Å². The van der Waals surface area contributed by atoms with E-state index >= 15 is 0 Å². The minimum Gasteiger partial charge on any atom is -0.478 e. The molecule has 2 amide bonds. The molecule has 0 aromatic carbocycles. The molecule has 19 heavy (non-hydrogen) atoms. The fourth-order valence-electron chi connectivity index (χ4n) is 1.41. The molecule has 6 nitrogen and oxygen atoms in total. The lowest BCUT2D eigenvalue weighted by atomic mass is 10.2. The van der Waals surface area contributed by atoms with Crippen molar-refractivity contribution >= 4 is 6.03 Å². The van der Waals surface area contributed by atoms with Gasteiger partial charge in [0.05, 0.1) is 13.2 Å². The molecular weight excluding hydrogens is 246 g/mol.